The molecule has 0 bridgehead atoms. The fourth-order valence-corrected chi connectivity index (χ4v) is 2.16. The predicted octanol–water partition coefficient (Wildman–Crippen LogP) is 1.87. The number of nitrogens with two attached hydrogens (primary N) is 1. The van der Waals surface area contributed by atoms with Crippen molar-refractivity contribution in [3.8, 4) is 0 Å². The summed E-state index contributed by atoms with van der Waals surface area (Å²) in [4.78, 5) is 10.6. The number of carboxylic acids is 1. The highest BCUT2D eigenvalue weighted by Crippen LogP contribution is 2.20. The van der Waals surface area contributed by atoms with Gasteiger partial charge in [-0.1, -0.05) is 0 Å². The van der Waals surface area contributed by atoms with Gasteiger partial charge in [-0.2, -0.15) is 11.8 Å². The van der Waals surface area contributed by atoms with E-state index >= 15 is 0 Å². The second-order valence-corrected chi connectivity index (χ2v) is 4.30. The minimum atomic E-state index is -1.02. The third kappa shape index (κ3) is 3.60. The Morgan fingerprint density at radius 3 is 2.93 bits per heavy atom. The van der Waals surface area contributed by atoms with Crippen LogP contribution in [0.3, 0.4) is 0 Å². The van der Waals surface area contributed by atoms with Gasteiger partial charge in [0.25, 0.3) is 0 Å². The van der Waals surface area contributed by atoms with Crippen molar-refractivity contribution in [2.75, 3.05) is 12.3 Å². The summed E-state index contributed by atoms with van der Waals surface area (Å²) < 4.78 is 5.10. The van der Waals surface area contributed by atoms with Gasteiger partial charge in [-0.3, -0.25) is 0 Å². The van der Waals surface area contributed by atoms with Gasteiger partial charge in [0, 0.05) is 11.3 Å². The first kappa shape index (κ1) is 12.1. The summed E-state index contributed by atoms with van der Waals surface area (Å²) in [5, 5.41) is 8.72. The lowest BCUT2D eigenvalue weighted by atomic mass is 10.3. The lowest BCUT2D eigenvalue weighted by Crippen LogP contribution is -1.99. The molecule has 0 aliphatic carbocycles. The lowest BCUT2D eigenvalue weighted by molar-refractivity contribution is 0.0661. The fourth-order valence-electron chi connectivity index (χ4n) is 1.14. The molecule has 84 valence electrons. The molecule has 4 nitrogen and oxygen atoms in total. The van der Waals surface area contributed by atoms with Gasteiger partial charge in [0.1, 0.15) is 5.76 Å². The molecule has 1 aromatic heterocycles. The molecule has 15 heavy (non-hydrogen) atoms. The number of hydrogen-bond acceptors (Lipinski definition) is 4. The summed E-state index contributed by atoms with van der Waals surface area (Å²) in [6, 6.07) is 1.59. The minimum absolute atomic E-state index is 0.0157. The van der Waals surface area contributed by atoms with Crippen LogP contribution in [-0.4, -0.2) is 23.4 Å². The zero-order valence-electron chi connectivity index (χ0n) is 8.66. The van der Waals surface area contributed by atoms with Gasteiger partial charge >= 0.3 is 5.97 Å². The maximum atomic E-state index is 10.6. The zero-order chi connectivity index (χ0) is 11.3. The summed E-state index contributed by atoms with van der Waals surface area (Å²) in [6.45, 7) is 2.48. The SMILES string of the molecule is Cc1oc(C(=O)O)cc1CSCCCN. The van der Waals surface area contributed by atoms with E-state index in [1.807, 2.05) is 0 Å². The van der Waals surface area contributed by atoms with Gasteiger partial charge in [0.2, 0.25) is 5.76 Å². The molecular weight excluding hydrogens is 214 g/mol. The van der Waals surface area contributed by atoms with Gasteiger partial charge in [-0.05, 0) is 31.7 Å². The number of carbonyl (C=O) groups is 1. The number of furan rings is 1. The van der Waals surface area contributed by atoms with Crippen molar-refractivity contribution in [2.45, 2.75) is 19.1 Å². The van der Waals surface area contributed by atoms with Gasteiger partial charge in [-0.15, -0.1) is 0 Å². The quantitative estimate of drug-likeness (QED) is 0.728. The summed E-state index contributed by atoms with van der Waals surface area (Å²) >= 11 is 1.74. The van der Waals surface area contributed by atoms with Gasteiger partial charge in [0.05, 0.1) is 0 Å². The van der Waals surface area contributed by atoms with Crippen molar-refractivity contribution in [1.82, 2.24) is 0 Å². The highest BCUT2D eigenvalue weighted by Gasteiger charge is 2.12. The van der Waals surface area contributed by atoms with Crippen LogP contribution in [0.5, 0.6) is 0 Å². The molecule has 5 heteroatoms. The number of hydrogen-bond donors (Lipinski definition) is 2. The van der Waals surface area contributed by atoms with Crippen LogP contribution >= 0.6 is 11.8 Å². The van der Waals surface area contributed by atoms with Crippen LogP contribution < -0.4 is 5.73 Å². The molecule has 0 spiro atoms. The molecule has 1 aromatic rings. The Morgan fingerprint density at radius 1 is 1.67 bits per heavy atom. The Kier molecular flexibility index (Phi) is 4.71. The molecule has 1 heterocycles. The smallest absolute Gasteiger partial charge is 0.371 e. The Balaban J connectivity index is 2.50. The molecule has 3 N–H and O–H groups in total. The Labute approximate surface area is 92.8 Å². The molecular formula is C10H15NO3S. The van der Waals surface area contributed by atoms with Gasteiger partial charge < -0.3 is 15.3 Å². The second-order valence-electron chi connectivity index (χ2n) is 3.19. The summed E-state index contributed by atoms with van der Waals surface area (Å²) in [6.07, 6.45) is 0.980. The maximum absolute atomic E-state index is 10.6. The normalized spacial score (nSPS) is 10.5. The lowest BCUT2D eigenvalue weighted by Gasteiger charge is -1.98. The van der Waals surface area contributed by atoms with Gasteiger partial charge in [-0.25, -0.2) is 4.79 Å². The first-order chi connectivity index (χ1) is 7.15. The van der Waals surface area contributed by atoms with Crippen molar-refractivity contribution < 1.29 is 14.3 Å². The highest BCUT2D eigenvalue weighted by molar-refractivity contribution is 7.98. The summed E-state index contributed by atoms with van der Waals surface area (Å²) in [7, 11) is 0. The van der Waals surface area contributed by atoms with Crippen LogP contribution in [0.25, 0.3) is 0 Å². The first-order valence-corrected chi connectivity index (χ1v) is 5.91. The molecule has 0 saturated heterocycles. The summed E-state index contributed by atoms with van der Waals surface area (Å²) in [5.41, 5.74) is 6.33. The third-order valence-corrected chi connectivity index (χ3v) is 3.07. The fraction of sp³-hybridized carbons (Fsp3) is 0.500. The molecule has 0 aromatic carbocycles. The Bertz CT molecular complexity index is 335. The number of thioether (sulfide) groups is 1. The zero-order valence-corrected chi connectivity index (χ0v) is 9.47. The Morgan fingerprint density at radius 2 is 2.40 bits per heavy atom. The molecule has 0 radical (unpaired) electrons. The van der Waals surface area contributed by atoms with Crippen molar-refractivity contribution >= 4 is 17.7 Å². The van der Waals surface area contributed by atoms with Crippen LogP contribution in [0, 0.1) is 6.92 Å². The number of rotatable bonds is 6. The topological polar surface area (TPSA) is 76.5 Å². The number of carboxylic acid groups (broad SMARTS) is 1. The van der Waals surface area contributed by atoms with Crippen LogP contribution in [0.4, 0.5) is 0 Å². The van der Waals surface area contributed by atoms with Crippen molar-refractivity contribution in [3.63, 3.8) is 0 Å². The minimum Gasteiger partial charge on any atom is -0.475 e. The van der Waals surface area contributed by atoms with Crippen LogP contribution in [0.2, 0.25) is 0 Å². The molecule has 0 aliphatic rings. The first-order valence-electron chi connectivity index (χ1n) is 4.75. The van der Waals surface area contributed by atoms with E-state index < -0.39 is 5.97 Å². The van der Waals surface area contributed by atoms with E-state index in [2.05, 4.69) is 0 Å². The van der Waals surface area contributed by atoms with Crippen molar-refractivity contribution in [2.24, 2.45) is 5.73 Å². The monoisotopic (exact) mass is 229 g/mol. The predicted molar refractivity (Wildman–Crippen MR) is 60.2 cm³/mol. The van der Waals surface area contributed by atoms with E-state index in [9.17, 15) is 4.79 Å². The van der Waals surface area contributed by atoms with Crippen LogP contribution in [-0.2, 0) is 5.75 Å². The van der Waals surface area contributed by atoms with E-state index in [0.29, 0.717) is 12.3 Å². The van der Waals surface area contributed by atoms with Gasteiger partial charge in [0.15, 0.2) is 0 Å². The number of aromatic carboxylic acids is 1. The van der Waals surface area contributed by atoms with Crippen molar-refractivity contribution in [3.05, 3.63) is 23.2 Å². The molecule has 0 aliphatic heterocycles. The second kappa shape index (κ2) is 5.82. The highest BCUT2D eigenvalue weighted by atomic mass is 32.2. The molecule has 0 unspecified atom stereocenters. The largest absolute Gasteiger partial charge is 0.475 e. The van der Waals surface area contributed by atoms with E-state index in [4.69, 9.17) is 15.3 Å². The third-order valence-electron chi connectivity index (χ3n) is 1.98. The van der Waals surface area contributed by atoms with E-state index in [0.717, 1.165) is 23.5 Å². The average Bonchev–Trinajstić information content (AvgIpc) is 2.55. The molecule has 0 fully saturated rings. The van der Waals surface area contributed by atoms with Crippen LogP contribution in [0.1, 0.15) is 28.3 Å². The Hall–Kier alpha value is -0.940. The number of aryl methyl sites for hydroxylation is 1. The molecule has 0 saturated carbocycles. The molecule has 0 atom stereocenters. The van der Waals surface area contributed by atoms with Crippen molar-refractivity contribution in [1.29, 1.82) is 0 Å². The molecule has 0 amide bonds. The van der Waals surface area contributed by atoms with E-state index in [1.165, 1.54) is 0 Å². The average molecular weight is 229 g/mol. The van der Waals surface area contributed by atoms with E-state index in [1.54, 1.807) is 24.8 Å². The summed E-state index contributed by atoms with van der Waals surface area (Å²) in [5.74, 6) is 1.46. The molecule has 1 rings (SSSR count). The standard InChI is InChI=1S/C10H15NO3S/c1-7-8(6-15-4-2-3-11)5-9(14-7)10(12)13/h5H,2-4,6,11H2,1H3,(H,12,13). The van der Waals surface area contributed by atoms with Crippen LogP contribution in [0.15, 0.2) is 10.5 Å². The maximum Gasteiger partial charge on any atom is 0.371 e. The van der Waals surface area contributed by atoms with E-state index in [-0.39, 0.29) is 5.76 Å².